The van der Waals surface area contributed by atoms with Gasteiger partial charge in [0.2, 0.25) is 5.95 Å². The first kappa shape index (κ1) is 28.5. The van der Waals surface area contributed by atoms with Gasteiger partial charge in [-0.2, -0.15) is 4.98 Å². The number of fused-ring (bicyclic) bond motifs is 2. The lowest BCUT2D eigenvalue weighted by molar-refractivity contribution is 0.0224. The number of rotatable bonds is 5. The molecule has 0 bridgehead atoms. The molecule has 0 atom stereocenters. The maximum absolute atomic E-state index is 13.4. The van der Waals surface area contributed by atoms with E-state index in [2.05, 4.69) is 15.3 Å². The number of aromatic nitrogens is 5. The fourth-order valence-electron chi connectivity index (χ4n) is 4.82. The first-order chi connectivity index (χ1) is 19.2. The van der Waals surface area contributed by atoms with E-state index in [9.17, 15) is 14.2 Å². The Morgan fingerprint density at radius 2 is 1.85 bits per heavy atom. The van der Waals surface area contributed by atoms with Crippen LogP contribution in [-0.4, -0.2) is 60.8 Å². The van der Waals surface area contributed by atoms with Crippen LogP contribution in [0, 0.1) is 0 Å². The van der Waals surface area contributed by atoms with Crippen LogP contribution in [0.15, 0.2) is 47.4 Å². The van der Waals surface area contributed by atoms with Crippen molar-refractivity contribution in [3.8, 4) is 5.82 Å². The highest BCUT2D eigenvalue weighted by Crippen LogP contribution is 2.34. The molecule has 0 saturated carbocycles. The molecule has 1 aliphatic heterocycles. The summed E-state index contributed by atoms with van der Waals surface area (Å²) in [4.78, 5) is 41.5. The lowest BCUT2D eigenvalue weighted by atomic mass is 9.99. The molecule has 0 fully saturated rings. The van der Waals surface area contributed by atoms with E-state index in [0.29, 0.717) is 41.3 Å². The van der Waals surface area contributed by atoms with E-state index in [-0.39, 0.29) is 17.7 Å². The molecule has 1 N–H and O–H groups in total. The van der Waals surface area contributed by atoms with Gasteiger partial charge >= 0.3 is 6.09 Å². The van der Waals surface area contributed by atoms with Gasteiger partial charge in [-0.3, -0.25) is 4.79 Å². The van der Waals surface area contributed by atoms with Crippen molar-refractivity contribution < 1.29 is 14.1 Å². The number of nitrogens with zero attached hydrogens (tertiary/aromatic N) is 6. The number of benzene rings is 1. The Morgan fingerprint density at radius 3 is 2.54 bits per heavy atom. The molecule has 0 spiro atoms. The second kappa shape index (κ2) is 10.4. The van der Waals surface area contributed by atoms with Crippen molar-refractivity contribution in [3.05, 3.63) is 64.1 Å². The van der Waals surface area contributed by atoms with Gasteiger partial charge in [0, 0.05) is 31.0 Å². The first-order valence-corrected chi connectivity index (χ1v) is 16.2. The average molecular weight is 578 g/mol. The second-order valence-corrected chi connectivity index (χ2v) is 15.1. The van der Waals surface area contributed by atoms with E-state index in [1.807, 2.05) is 52.8 Å². The van der Waals surface area contributed by atoms with Gasteiger partial charge in [0.25, 0.3) is 5.56 Å². The molecule has 0 saturated heterocycles. The third-order valence-electron chi connectivity index (χ3n) is 6.73. The van der Waals surface area contributed by atoms with Gasteiger partial charge in [0.05, 0.1) is 0 Å². The Morgan fingerprint density at radius 1 is 1.10 bits per heavy atom. The molecule has 12 heteroatoms. The minimum Gasteiger partial charge on any atom is -0.444 e. The van der Waals surface area contributed by atoms with Crippen molar-refractivity contribution in [3.63, 3.8) is 0 Å². The molecular weight excluding hydrogens is 541 g/mol. The molecule has 0 radical (unpaired) electrons. The Labute approximate surface area is 238 Å². The lowest BCUT2D eigenvalue weighted by Gasteiger charge is -2.31. The first-order valence-electron chi connectivity index (χ1n) is 13.6. The third-order valence-corrected chi connectivity index (χ3v) is 8.08. The molecule has 41 heavy (non-hydrogen) atoms. The van der Waals surface area contributed by atoms with E-state index in [0.717, 1.165) is 17.7 Å². The van der Waals surface area contributed by atoms with Gasteiger partial charge in [0.1, 0.15) is 23.6 Å². The topological polar surface area (TPSA) is 124 Å². The third kappa shape index (κ3) is 5.91. The summed E-state index contributed by atoms with van der Waals surface area (Å²) in [5, 5.41) is 3.61. The minimum atomic E-state index is -2.63. The van der Waals surface area contributed by atoms with Crippen molar-refractivity contribution in [1.82, 2.24) is 29.2 Å². The number of hydrogen-bond donors (Lipinski definition) is 1. The van der Waals surface area contributed by atoms with Gasteiger partial charge in [0.15, 0.2) is 11.5 Å². The van der Waals surface area contributed by atoms with E-state index < -0.39 is 12.7 Å². The number of nitrogens with one attached hydrogen (secondary N) is 1. The number of amides is 1. The van der Waals surface area contributed by atoms with Crippen molar-refractivity contribution in [2.45, 2.75) is 59.2 Å². The van der Waals surface area contributed by atoms with Crippen LogP contribution in [0.4, 0.5) is 16.4 Å². The zero-order chi connectivity index (χ0) is 29.7. The predicted molar refractivity (Wildman–Crippen MR) is 160 cm³/mol. The molecular formula is C29H36N7O4P. The summed E-state index contributed by atoms with van der Waals surface area (Å²) in [6.45, 7) is 13.8. The quantitative estimate of drug-likeness (QED) is 0.334. The van der Waals surface area contributed by atoms with Crippen LogP contribution in [-0.2, 0) is 22.3 Å². The summed E-state index contributed by atoms with van der Waals surface area (Å²) in [7, 11) is -2.63. The fourth-order valence-corrected chi connectivity index (χ4v) is 5.61. The summed E-state index contributed by atoms with van der Waals surface area (Å²) >= 11 is 0. The normalized spacial score (nSPS) is 13.9. The molecule has 1 amide bonds. The highest BCUT2D eigenvalue weighted by molar-refractivity contribution is 7.69. The maximum atomic E-state index is 13.4. The summed E-state index contributed by atoms with van der Waals surface area (Å²) in [5.74, 6) is 0.757. The largest absolute Gasteiger partial charge is 0.444 e. The number of anilines is 2. The zero-order valence-corrected chi connectivity index (χ0v) is 25.4. The molecule has 0 unspecified atom stereocenters. The van der Waals surface area contributed by atoms with Crippen molar-refractivity contribution in [1.29, 1.82) is 0 Å². The van der Waals surface area contributed by atoms with Gasteiger partial charge in [-0.25, -0.2) is 24.1 Å². The molecule has 1 aliphatic rings. The Balaban J connectivity index is 1.50. The van der Waals surface area contributed by atoms with Crippen molar-refractivity contribution in [2.24, 2.45) is 0 Å². The smallest absolute Gasteiger partial charge is 0.410 e. The van der Waals surface area contributed by atoms with E-state index >= 15 is 0 Å². The van der Waals surface area contributed by atoms with Crippen LogP contribution in [0.1, 0.15) is 51.8 Å². The summed E-state index contributed by atoms with van der Waals surface area (Å²) in [6, 6.07) is 11.1. The van der Waals surface area contributed by atoms with Gasteiger partial charge in [-0.15, -0.1) is 0 Å². The molecule has 11 nitrogen and oxygen atoms in total. The number of ether oxygens (including phenoxy) is 1. The van der Waals surface area contributed by atoms with Gasteiger partial charge in [-0.1, -0.05) is 12.1 Å². The van der Waals surface area contributed by atoms with Crippen LogP contribution in [0.25, 0.3) is 16.9 Å². The molecule has 216 valence electrons. The number of hydrogen-bond acceptors (Lipinski definition) is 8. The molecule has 1 aromatic carbocycles. The molecule has 3 aromatic heterocycles. The van der Waals surface area contributed by atoms with E-state index in [1.165, 1.54) is 11.8 Å². The Bertz CT molecular complexity index is 1750. The number of carbonyl (C=O) groups is 1. The summed E-state index contributed by atoms with van der Waals surface area (Å²) in [6.07, 6.45) is 1.92. The van der Waals surface area contributed by atoms with Crippen LogP contribution >= 0.6 is 7.14 Å². The summed E-state index contributed by atoms with van der Waals surface area (Å²) < 4.78 is 21.6. The Hall–Kier alpha value is -3.98. The fraction of sp³-hybridized carbons (Fsp3) is 0.414. The standard InChI is InChI=1S/C29H36N7O4P/c1-18(2)35-26(37)22-16-30-27(33-25(22)36(35)23-9-8-10-24(32-23)41(6,7)39)31-21-12-11-19-13-14-34(17-20(19)15-21)28(38)40-29(3,4)5/h8-12,15-16,18H,13-14,17H2,1-7H3,(H,30,31,33). The van der Waals surface area contributed by atoms with E-state index in [1.54, 1.807) is 45.8 Å². The molecule has 4 aromatic rings. The average Bonchev–Trinajstić information content (AvgIpc) is 3.18. The SMILES string of the molecule is CC(C)n1c(=O)c2cnc(Nc3ccc4c(c3)CN(C(=O)OC(C)(C)C)CC4)nc2n1-c1cccc(P(C)(C)=O)n1. The van der Waals surface area contributed by atoms with Crippen molar-refractivity contribution >= 4 is 41.3 Å². The maximum Gasteiger partial charge on any atom is 0.410 e. The molecule has 4 heterocycles. The van der Waals surface area contributed by atoms with Gasteiger partial charge < -0.3 is 19.5 Å². The number of pyridine rings is 1. The summed E-state index contributed by atoms with van der Waals surface area (Å²) in [5.41, 5.74) is 3.01. The van der Waals surface area contributed by atoms with Crippen molar-refractivity contribution in [2.75, 3.05) is 25.2 Å². The van der Waals surface area contributed by atoms with Crippen LogP contribution < -0.4 is 16.3 Å². The highest BCUT2D eigenvalue weighted by atomic mass is 31.2. The number of carbonyl (C=O) groups excluding carboxylic acids is 1. The van der Waals surface area contributed by atoms with E-state index in [4.69, 9.17) is 9.72 Å². The van der Waals surface area contributed by atoms with Crippen LogP contribution in [0.3, 0.4) is 0 Å². The van der Waals surface area contributed by atoms with Crippen LogP contribution in [0.5, 0.6) is 0 Å². The lowest BCUT2D eigenvalue weighted by Crippen LogP contribution is -2.39. The molecule has 5 rings (SSSR count). The molecule has 0 aliphatic carbocycles. The zero-order valence-electron chi connectivity index (χ0n) is 24.5. The Kier molecular flexibility index (Phi) is 7.27. The van der Waals surface area contributed by atoms with Gasteiger partial charge in [-0.05, 0) is 89.8 Å². The predicted octanol–water partition coefficient (Wildman–Crippen LogP) is 4.84. The monoisotopic (exact) mass is 577 g/mol. The minimum absolute atomic E-state index is 0.192. The van der Waals surface area contributed by atoms with Crippen LogP contribution in [0.2, 0.25) is 0 Å². The second-order valence-electron chi connectivity index (χ2n) is 12.0. The highest BCUT2D eigenvalue weighted by Gasteiger charge is 2.26.